The third kappa shape index (κ3) is 5.37. The number of nitrogens with one attached hydrogen (secondary N) is 2. The largest absolute Gasteiger partial charge is 0.355 e. The molecular weight excluding hydrogens is 250 g/mol. The van der Waals surface area contributed by atoms with E-state index in [1.165, 1.54) is 5.56 Å². The molecule has 1 aromatic rings. The number of hydrogen-bond donors (Lipinski definition) is 2. The van der Waals surface area contributed by atoms with Crippen molar-refractivity contribution >= 4 is 5.91 Å². The predicted octanol–water partition coefficient (Wildman–Crippen LogP) is 2.57. The van der Waals surface area contributed by atoms with E-state index in [1.807, 2.05) is 17.8 Å². The minimum atomic E-state index is 0.0818. The summed E-state index contributed by atoms with van der Waals surface area (Å²) in [5, 5.41) is 6.28. The zero-order chi connectivity index (χ0) is 15.1. The van der Waals surface area contributed by atoms with Crippen molar-refractivity contribution in [1.29, 1.82) is 0 Å². The third-order valence-corrected chi connectivity index (χ3v) is 3.48. The van der Waals surface area contributed by atoms with E-state index in [0.29, 0.717) is 24.4 Å². The van der Waals surface area contributed by atoms with Crippen molar-refractivity contribution in [1.82, 2.24) is 15.2 Å². The Bertz CT molecular complexity index is 410. The van der Waals surface area contributed by atoms with E-state index in [2.05, 4.69) is 50.6 Å². The molecule has 0 bridgehead atoms. The highest BCUT2D eigenvalue weighted by Gasteiger charge is 2.14. The predicted molar refractivity (Wildman–Crippen MR) is 83.5 cm³/mol. The first kappa shape index (κ1) is 16.8. The Labute approximate surface area is 122 Å². The summed E-state index contributed by atoms with van der Waals surface area (Å²) in [6, 6.07) is 2.42. The maximum atomic E-state index is 11.8. The molecule has 0 aliphatic heterocycles. The van der Waals surface area contributed by atoms with Gasteiger partial charge >= 0.3 is 0 Å². The van der Waals surface area contributed by atoms with Crippen molar-refractivity contribution in [2.75, 3.05) is 13.6 Å². The van der Waals surface area contributed by atoms with Crippen LogP contribution in [-0.2, 0) is 11.3 Å². The summed E-state index contributed by atoms with van der Waals surface area (Å²) < 4.78 is 1.95. The van der Waals surface area contributed by atoms with Crippen LogP contribution in [0.15, 0.2) is 18.5 Å². The van der Waals surface area contributed by atoms with Crippen molar-refractivity contribution in [2.24, 2.45) is 11.8 Å². The molecule has 4 nitrogen and oxygen atoms in total. The highest BCUT2D eigenvalue weighted by molar-refractivity contribution is 5.75. The average Bonchev–Trinajstić information content (AvgIpc) is 2.77. The molecular formula is C16H29N3O. The molecule has 0 aromatic carbocycles. The Morgan fingerprint density at radius 1 is 1.30 bits per heavy atom. The van der Waals surface area contributed by atoms with Crippen molar-refractivity contribution in [3.63, 3.8) is 0 Å². The molecule has 20 heavy (non-hydrogen) atoms. The number of nitrogens with zero attached hydrogens (tertiary/aromatic N) is 1. The second kappa shape index (κ2) is 8.10. The van der Waals surface area contributed by atoms with Crippen LogP contribution in [0.5, 0.6) is 0 Å². The topological polar surface area (TPSA) is 46.1 Å². The minimum absolute atomic E-state index is 0.0818. The molecule has 2 N–H and O–H groups in total. The fourth-order valence-electron chi connectivity index (χ4n) is 2.35. The first-order valence-electron chi connectivity index (χ1n) is 7.53. The Hall–Kier alpha value is -1.29. The van der Waals surface area contributed by atoms with Crippen LogP contribution in [0.1, 0.15) is 45.7 Å². The molecule has 0 spiro atoms. The van der Waals surface area contributed by atoms with Crippen LogP contribution in [0.2, 0.25) is 0 Å². The van der Waals surface area contributed by atoms with Gasteiger partial charge in [-0.25, -0.2) is 0 Å². The van der Waals surface area contributed by atoms with Crippen LogP contribution in [0.25, 0.3) is 0 Å². The summed E-state index contributed by atoms with van der Waals surface area (Å²) >= 11 is 0. The third-order valence-electron chi connectivity index (χ3n) is 3.48. The molecule has 0 radical (unpaired) electrons. The Kier molecular flexibility index (Phi) is 6.79. The lowest BCUT2D eigenvalue weighted by Crippen LogP contribution is -2.28. The highest BCUT2D eigenvalue weighted by atomic mass is 16.1. The number of amides is 1. The maximum absolute atomic E-state index is 11.8. The van der Waals surface area contributed by atoms with E-state index in [0.717, 1.165) is 13.0 Å². The summed E-state index contributed by atoms with van der Waals surface area (Å²) in [6.07, 6.45) is 5.06. The van der Waals surface area contributed by atoms with Gasteiger partial charge in [-0.2, -0.15) is 0 Å². The molecule has 1 amide bonds. The zero-order valence-electron chi connectivity index (χ0n) is 13.4. The number of carbonyl (C=O) groups is 1. The number of rotatable bonds is 8. The average molecular weight is 279 g/mol. The fourth-order valence-corrected chi connectivity index (χ4v) is 2.35. The molecule has 0 fully saturated rings. The molecule has 1 rings (SSSR count). The van der Waals surface area contributed by atoms with E-state index in [1.54, 1.807) is 0 Å². The Morgan fingerprint density at radius 2 is 2.00 bits per heavy atom. The smallest absolute Gasteiger partial charge is 0.239 e. The van der Waals surface area contributed by atoms with Gasteiger partial charge in [-0.15, -0.1) is 0 Å². The van der Waals surface area contributed by atoms with Gasteiger partial charge in [0, 0.05) is 25.0 Å². The van der Waals surface area contributed by atoms with E-state index in [9.17, 15) is 4.79 Å². The fraction of sp³-hybridized carbons (Fsp3) is 0.688. The van der Waals surface area contributed by atoms with E-state index >= 15 is 0 Å². The summed E-state index contributed by atoms with van der Waals surface area (Å²) in [5.41, 5.74) is 1.23. The van der Waals surface area contributed by atoms with Crippen LogP contribution < -0.4 is 10.6 Å². The van der Waals surface area contributed by atoms with E-state index in [-0.39, 0.29) is 5.91 Å². The van der Waals surface area contributed by atoms with Gasteiger partial charge in [0.2, 0.25) is 5.91 Å². The van der Waals surface area contributed by atoms with Gasteiger partial charge in [-0.1, -0.05) is 27.7 Å². The first-order valence-corrected chi connectivity index (χ1v) is 7.53. The quantitative estimate of drug-likeness (QED) is 0.768. The second-order valence-corrected chi connectivity index (χ2v) is 6.16. The SMILES string of the molecule is CNC(c1ccn(CC(=O)NCCC(C)C)c1)C(C)C. The first-order chi connectivity index (χ1) is 9.43. The maximum Gasteiger partial charge on any atom is 0.239 e. The number of hydrogen-bond acceptors (Lipinski definition) is 2. The Morgan fingerprint density at radius 3 is 2.55 bits per heavy atom. The van der Waals surface area contributed by atoms with Gasteiger partial charge in [0.1, 0.15) is 6.54 Å². The van der Waals surface area contributed by atoms with Crippen molar-refractivity contribution in [2.45, 2.75) is 46.7 Å². The molecule has 4 heteroatoms. The standard InChI is InChI=1S/C16H29N3O/c1-12(2)6-8-18-15(20)11-19-9-7-14(10-19)16(17-5)13(3)4/h7,9-10,12-13,16-17H,6,8,11H2,1-5H3,(H,18,20). The zero-order valence-corrected chi connectivity index (χ0v) is 13.4. The van der Waals surface area contributed by atoms with Crippen molar-refractivity contribution in [3.05, 3.63) is 24.0 Å². The van der Waals surface area contributed by atoms with E-state index in [4.69, 9.17) is 0 Å². The molecule has 0 saturated carbocycles. The summed E-state index contributed by atoms with van der Waals surface area (Å²) in [7, 11) is 1.97. The normalized spacial score (nSPS) is 12.9. The molecule has 114 valence electrons. The molecule has 1 aromatic heterocycles. The number of carbonyl (C=O) groups excluding carboxylic acids is 1. The van der Waals surface area contributed by atoms with Crippen LogP contribution >= 0.6 is 0 Å². The summed E-state index contributed by atoms with van der Waals surface area (Å²) in [5.74, 6) is 1.23. The minimum Gasteiger partial charge on any atom is -0.355 e. The van der Waals surface area contributed by atoms with Gasteiger partial charge in [0.05, 0.1) is 0 Å². The van der Waals surface area contributed by atoms with E-state index < -0.39 is 0 Å². The lowest BCUT2D eigenvalue weighted by atomic mass is 9.99. The van der Waals surface area contributed by atoms with Crippen LogP contribution in [-0.4, -0.2) is 24.1 Å². The van der Waals surface area contributed by atoms with Crippen molar-refractivity contribution in [3.8, 4) is 0 Å². The second-order valence-electron chi connectivity index (χ2n) is 6.16. The van der Waals surface area contributed by atoms with Gasteiger partial charge < -0.3 is 15.2 Å². The summed E-state index contributed by atoms with van der Waals surface area (Å²) in [4.78, 5) is 11.8. The van der Waals surface area contributed by atoms with Crippen LogP contribution in [0, 0.1) is 11.8 Å². The Balaban J connectivity index is 2.49. The van der Waals surface area contributed by atoms with Gasteiger partial charge in [-0.3, -0.25) is 4.79 Å². The lowest BCUT2D eigenvalue weighted by molar-refractivity contribution is -0.121. The van der Waals surface area contributed by atoms with Gasteiger partial charge in [0.25, 0.3) is 0 Å². The summed E-state index contributed by atoms with van der Waals surface area (Å²) in [6.45, 7) is 9.86. The lowest BCUT2D eigenvalue weighted by Gasteiger charge is -2.18. The molecule has 1 unspecified atom stereocenters. The monoisotopic (exact) mass is 279 g/mol. The number of aromatic nitrogens is 1. The van der Waals surface area contributed by atoms with Gasteiger partial charge in [-0.05, 0) is 36.9 Å². The van der Waals surface area contributed by atoms with Gasteiger partial charge in [0.15, 0.2) is 0 Å². The molecule has 0 saturated heterocycles. The molecule has 0 aliphatic carbocycles. The highest BCUT2D eigenvalue weighted by Crippen LogP contribution is 2.21. The molecule has 1 heterocycles. The van der Waals surface area contributed by atoms with Crippen LogP contribution in [0.3, 0.4) is 0 Å². The molecule has 1 atom stereocenters. The van der Waals surface area contributed by atoms with Crippen LogP contribution in [0.4, 0.5) is 0 Å². The molecule has 0 aliphatic rings. The van der Waals surface area contributed by atoms with Crippen molar-refractivity contribution < 1.29 is 4.79 Å².